The molecule has 0 heterocycles. The summed E-state index contributed by atoms with van der Waals surface area (Å²) in [5.74, 6) is 1.21. The Balaban J connectivity index is 1.45. The van der Waals surface area contributed by atoms with Crippen molar-refractivity contribution in [2.45, 2.75) is 32.6 Å². The summed E-state index contributed by atoms with van der Waals surface area (Å²) in [6.07, 6.45) is 3.48. The zero-order chi connectivity index (χ0) is 23.3. The summed E-state index contributed by atoms with van der Waals surface area (Å²) in [5, 5.41) is 5.74. The number of amides is 2. The van der Waals surface area contributed by atoms with Crippen LogP contribution in [0, 0.1) is 0 Å². The van der Waals surface area contributed by atoms with Gasteiger partial charge in [-0.3, -0.25) is 9.59 Å². The third-order valence-electron chi connectivity index (χ3n) is 4.89. The second-order valence-electron chi connectivity index (χ2n) is 7.57. The van der Waals surface area contributed by atoms with Crippen LogP contribution in [0.3, 0.4) is 0 Å². The zero-order valence-electron chi connectivity index (χ0n) is 18.9. The Kier molecular flexibility index (Phi) is 9.33. The molecule has 0 unspecified atom stereocenters. The minimum atomic E-state index is -0.236. The monoisotopic (exact) mass is 446 g/mol. The van der Waals surface area contributed by atoms with Crippen molar-refractivity contribution in [3.8, 4) is 11.5 Å². The second-order valence-corrected chi connectivity index (χ2v) is 7.57. The zero-order valence-corrected chi connectivity index (χ0v) is 18.9. The first-order chi connectivity index (χ1) is 16.1. The number of nitrogens with one attached hydrogen (secondary N) is 2. The van der Waals surface area contributed by atoms with Gasteiger partial charge in [0, 0.05) is 23.4 Å². The highest BCUT2D eigenvalue weighted by atomic mass is 16.5. The molecule has 3 aromatic rings. The van der Waals surface area contributed by atoms with Crippen LogP contribution in [0.15, 0.2) is 78.9 Å². The van der Waals surface area contributed by atoms with E-state index in [9.17, 15) is 9.59 Å². The molecule has 0 spiro atoms. The Morgan fingerprint density at radius 1 is 0.727 bits per heavy atom. The van der Waals surface area contributed by atoms with Crippen LogP contribution in [0.25, 0.3) is 0 Å². The lowest BCUT2D eigenvalue weighted by atomic mass is 10.2. The van der Waals surface area contributed by atoms with Crippen molar-refractivity contribution in [3.63, 3.8) is 0 Å². The molecular formula is C27H30N2O4. The molecule has 0 radical (unpaired) electrons. The average molecular weight is 447 g/mol. The lowest BCUT2D eigenvalue weighted by Gasteiger charge is -2.10. The van der Waals surface area contributed by atoms with E-state index in [1.807, 2.05) is 30.3 Å². The van der Waals surface area contributed by atoms with Crippen LogP contribution in [0.4, 0.5) is 11.4 Å². The van der Waals surface area contributed by atoms with Gasteiger partial charge in [-0.15, -0.1) is 0 Å². The molecule has 33 heavy (non-hydrogen) atoms. The van der Waals surface area contributed by atoms with Gasteiger partial charge in [0.2, 0.25) is 5.91 Å². The Morgan fingerprint density at radius 3 is 2.03 bits per heavy atom. The number of unbranched alkanes of at least 4 members (excludes halogenated alkanes) is 2. The maximum atomic E-state index is 12.6. The topological polar surface area (TPSA) is 76.7 Å². The molecule has 0 saturated heterocycles. The summed E-state index contributed by atoms with van der Waals surface area (Å²) in [4.78, 5) is 24.6. The fourth-order valence-electron chi connectivity index (χ4n) is 3.18. The molecular weight excluding hydrogens is 416 g/mol. The van der Waals surface area contributed by atoms with E-state index in [0.717, 1.165) is 25.0 Å². The van der Waals surface area contributed by atoms with Crippen molar-refractivity contribution >= 4 is 23.2 Å². The number of hydrogen-bond acceptors (Lipinski definition) is 4. The van der Waals surface area contributed by atoms with Gasteiger partial charge in [0.25, 0.3) is 5.91 Å². The molecule has 0 atom stereocenters. The van der Waals surface area contributed by atoms with E-state index >= 15 is 0 Å². The molecule has 6 nitrogen and oxygen atoms in total. The smallest absolute Gasteiger partial charge is 0.255 e. The van der Waals surface area contributed by atoms with E-state index in [1.165, 1.54) is 0 Å². The number of anilines is 2. The average Bonchev–Trinajstić information content (AvgIpc) is 2.83. The first kappa shape index (κ1) is 23.9. The highest BCUT2D eigenvalue weighted by Crippen LogP contribution is 2.18. The van der Waals surface area contributed by atoms with Gasteiger partial charge in [0.05, 0.1) is 0 Å². The molecule has 6 heteroatoms. The van der Waals surface area contributed by atoms with Gasteiger partial charge in [-0.1, -0.05) is 44.0 Å². The number of rotatable bonds is 12. The van der Waals surface area contributed by atoms with Gasteiger partial charge >= 0.3 is 0 Å². The molecule has 3 aromatic carbocycles. The van der Waals surface area contributed by atoms with Crippen molar-refractivity contribution in [2.75, 3.05) is 23.8 Å². The van der Waals surface area contributed by atoms with E-state index in [-0.39, 0.29) is 11.8 Å². The van der Waals surface area contributed by atoms with Crippen molar-refractivity contribution in [1.82, 2.24) is 0 Å². The van der Waals surface area contributed by atoms with Crippen molar-refractivity contribution < 1.29 is 19.1 Å². The fraction of sp³-hybridized carbons (Fsp3) is 0.259. The molecule has 0 fully saturated rings. The predicted molar refractivity (Wildman–Crippen MR) is 131 cm³/mol. The summed E-state index contributed by atoms with van der Waals surface area (Å²) in [7, 11) is 0. The number of hydrogen-bond donors (Lipinski definition) is 2. The van der Waals surface area contributed by atoms with Gasteiger partial charge in [0.15, 0.2) is 0 Å². The normalized spacial score (nSPS) is 10.3. The van der Waals surface area contributed by atoms with Crippen molar-refractivity contribution in [2.24, 2.45) is 0 Å². The number of carbonyl (C=O) groups is 2. The van der Waals surface area contributed by atoms with Crippen molar-refractivity contribution in [3.05, 3.63) is 84.4 Å². The highest BCUT2D eigenvalue weighted by Gasteiger charge is 2.08. The van der Waals surface area contributed by atoms with E-state index < -0.39 is 0 Å². The van der Waals surface area contributed by atoms with Crippen LogP contribution in [0.2, 0.25) is 0 Å². The molecule has 0 aliphatic carbocycles. The van der Waals surface area contributed by atoms with Gasteiger partial charge in [-0.05, 0) is 61.0 Å². The number of para-hydroxylation sites is 1. The Hall–Kier alpha value is -3.80. The predicted octanol–water partition coefficient (Wildman–Crippen LogP) is 5.92. The lowest BCUT2D eigenvalue weighted by Crippen LogP contribution is -2.14. The van der Waals surface area contributed by atoms with Crippen LogP contribution in [-0.4, -0.2) is 25.0 Å². The summed E-state index contributed by atoms with van der Waals surface area (Å²) < 4.78 is 11.3. The van der Waals surface area contributed by atoms with E-state index in [2.05, 4.69) is 17.6 Å². The quantitative estimate of drug-likeness (QED) is 0.339. The van der Waals surface area contributed by atoms with Crippen LogP contribution in [0.1, 0.15) is 43.0 Å². The van der Waals surface area contributed by atoms with Gasteiger partial charge in [0.1, 0.15) is 24.7 Å². The molecule has 0 aliphatic rings. The van der Waals surface area contributed by atoms with Gasteiger partial charge in [-0.2, -0.15) is 0 Å². The van der Waals surface area contributed by atoms with Crippen LogP contribution in [0.5, 0.6) is 11.5 Å². The second kappa shape index (κ2) is 12.9. The van der Waals surface area contributed by atoms with Crippen LogP contribution in [-0.2, 0) is 4.79 Å². The van der Waals surface area contributed by atoms with E-state index in [1.54, 1.807) is 48.5 Å². The van der Waals surface area contributed by atoms with Crippen LogP contribution < -0.4 is 20.1 Å². The van der Waals surface area contributed by atoms with E-state index in [4.69, 9.17) is 9.47 Å². The molecule has 172 valence electrons. The molecule has 2 N–H and O–H groups in total. The molecule has 3 rings (SSSR count). The van der Waals surface area contributed by atoms with Crippen LogP contribution >= 0.6 is 0 Å². The lowest BCUT2D eigenvalue weighted by molar-refractivity contribution is -0.116. The standard InChI is InChI=1S/C27H30N2O4/c1-2-3-5-13-26(30)28-22-9-8-10-23(20-22)29-27(31)21-14-16-25(17-15-21)33-19-18-32-24-11-6-4-7-12-24/h4,6-12,14-17,20H,2-3,5,13,18-19H2,1H3,(H,28,30)(H,29,31). The maximum absolute atomic E-state index is 12.6. The number of ether oxygens (including phenoxy) is 2. The van der Waals surface area contributed by atoms with Gasteiger partial charge < -0.3 is 20.1 Å². The first-order valence-corrected chi connectivity index (χ1v) is 11.3. The number of carbonyl (C=O) groups excluding carboxylic acids is 2. The van der Waals surface area contributed by atoms with Crippen molar-refractivity contribution in [1.29, 1.82) is 0 Å². The Morgan fingerprint density at radius 2 is 1.36 bits per heavy atom. The minimum absolute atomic E-state index is 0.0170. The highest BCUT2D eigenvalue weighted by molar-refractivity contribution is 6.04. The molecule has 0 aromatic heterocycles. The summed E-state index contributed by atoms with van der Waals surface area (Å²) >= 11 is 0. The third kappa shape index (κ3) is 8.33. The van der Waals surface area contributed by atoms with Gasteiger partial charge in [-0.25, -0.2) is 0 Å². The van der Waals surface area contributed by atoms with E-state index in [0.29, 0.717) is 42.3 Å². The summed E-state index contributed by atoms with van der Waals surface area (Å²) in [5.41, 5.74) is 1.79. The SMILES string of the molecule is CCCCCC(=O)Nc1cccc(NC(=O)c2ccc(OCCOc3ccccc3)cc2)c1. The third-order valence-corrected chi connectivity index (χ3v) is 4.89. The first-order valence-electron chi connectivity index (χ1n) is 11.3. The molecule has 2 amide bonds. The molecule has 0 aliphatic heterocycles. The molecule has 0 bridgehead atoms. The largest absolute Gasteiger partial charge is 0.490 e. The number of benzene rings is 3. The Labute approximate surface area is 194 Å². The minimum Gasteiger partial charge on any atom is -0.490 e. The summed E-state index contributed by atoms with van der Waals surface area (Å²) in [6.45, 7) is 2.93. The molecule has 0 saturated carbocycles. The maximum Gasteiger partial charge on any atom is 0.255 e. The summed E-state index contributed by atoms with van der Waals surface area (Å²) in [6, 6.07) is 23.6. The Bertz CT molecular complexity index is 1020. The fourth-order valence-corrected chi connectivity index (χ4v) is 3.18.